The molecular formula is C18H30O7. The van der Waals surface area contributed by atoms with E-state index >= 15 is 0 Å². The van der Waals surface area contributed by atoms with Gasteiger partial charge in [0.05, 0.1) is 38.3 Å². The molecule has 0 aromatic heterocycles. The molecule has 0 aromatic rings. The standard InChI is InChI=1S/C18H30O7/c1-7-14(19)23-12-18(5,6)13-24-16(21)9-8-15(20)22-10-11-25-17(2,3)4/h7H,1,8-13H2,2-6H3. The Kier molecular flexibility index (Phi) is 10.0. The van der Waals surface area contributed by atoms with Gasteiger partial charge in [0.2, 0.25) is 0 Å². The van der Waals surface area contributed by atoms with Crippen LogP contribution in [0.2, 0.25) is 0 Å². The van der Waals surface area contributed by atoms with Crippen molar-refractivity contribution < 1.29 is 33.3 Å². The summed E-state index contributed by atoms with van der Waals surface area (Å²) in [4.78, 5) is 34.2. The first-order valence-electron chi connectivity index (χ1n) is 8.19. The van der Waals surface area contributed by atoms with Gasteiger partial charge in [0.1, 0.15) is 6.61 Å². The highest BCUT2D eigenvalue weighted by molar-refractivity contribution is 5.81. The Morgan fingerprint density at radius 3 is 1.88 bits per heavy atom. The van der Waals surface area contributed by atoms with Crippen LogP contribution in [-0.4, -0.2) is 49.9 Å². The molecule has 0 N–H and O–H groups in total. The van der Waals surface area contributed by atoms with Crippen molar-refractivity contribution in [3.63, 3.8) is 0 Å². The van der Waals surface area contributed by atoms with Crippen LogP contribution in [0.15, 0.2) is 12.7 Å². The lowest BCUT2D eigenvalue weighted by molar-refractivity contribution is -0.155. The summed E-state index contributed by atoms with van der Waals surface area (Å²) in [5.41, 5.74) is -0.817. The quantitative estimate of drug-likeness (QED) is 0.242. The maximum Gasteiger partial charge on any atom is 0.330 e. The lowest BCUT2D eigenvalue weighted by Gasteiger charge is -2.23. The molecule has 7 heteroatoms. The van der Waals surface area contributed by atoms with Crippen molar-refractivity contribution in [3.05, 3.63) is 12.7 Å². The molecule has 144 valence electrons. The van der Waals surface area contributed by atoms with E-state index in [2.05, 4.69) is 6.58 Å². The van der Waals surface area contributed by atoms with E-state index in [4.69, 9.17) is 18.9 Å². The topological polar surface area (TPSA) is 88.1 Å². The van der Waals surface area contributed by atoms with E-state index in [-0.39, 0.29) is 38.3 Å². The van der Waals surface area contributed by atoms with Crippen LogP contribution in [0.5, 0.6) is 0 Å². The molecule has 0 aliphatic rings. The van der Waals surface area contributed by atoms with Gasteiger partial charge in [-0.2, -0.15) is 0 Å². The molecular weight excluding hydrogens is 328 g/mol. The van der Waals surface area contributed by atoms with Crippen LogP contribution >= 0.6 is 0 Å². The largest absolute Gasteiger partial charge is 0.465 e. The first-order chi connectivity index (χ1) is 11.4. The molecule has 0 spiro atoms. The second kappa shape index (κ2) is 10.9. The van der Waals surface area contributed by atoms with Gasteiger partial charge in [-0.15, -0.1) is 0 Å². The second-order valence-corrected chi connectivity index (χ2v) is 7.32. The van der Waals surface area contributed by atoms with E-state index < -0.39 is 23.3 Å². The zero-order valence-electron chi connectivity index (χ0n) is 15.9. The summed E-state index contributed by atoms with van der Waals surface area (Å²) in [5, 5.41) is 0. The summed E-state index contributed by atoms with van der Waals surface area (Å²) in [7, 11) is 0. The van der Waals surface area contributed by atoms with Gasteiger partial charge in [-0.3, -0.25) is 9.59 Å². The first-order valence-corrected chi connectivity index (χ1v) is 8.19. The van der Waals surface area contributed by atoms with Gasteiger partial charge in [-0.25, -0.2) is 4.79 Å². The number of carbonyl (C=O) groups excluding carboxylic acids is 3. The zero-order valence-corrected chi connectivity index (χ0v) is 15.9. The molecule has 0 unspecified atom stereocenters. The normalized spacial score (nSPS) is 11.6. The monoisotopic (exact) mass is 358 g/mol. The molecule has 0 bridgehead atoms. The minimum atomic E-state index is -0.530. The molecule has 0 saturated carbocycles. The molecule has 0 heterocycles. The smallest absolute Gasteiger partial charge is 0.330 e. The number of hydrogen-bond acceptors (Lipinski definition) is 7. The molecule has 0 fully saturated rings. The van der Waals surface area contributed by atoms with Crippen molar-refractivity contribution in [2.45, 2.75) is 53.1 Å². The summed E-state index contributed by atoms with van der Waals surface area (Å²) >= 11 is 0. The number of carbonyl (C=O) groups is 3. The molecule has 0 aliphatic carbocycles. The van der Waals surface area contributed by atoms with Crippen LogP contribution in [0.4, 0.5) is 0 Å². The minimum Gasteiger partial charge on any atom is -0.465 e. The van der Waals surface area contributed by atoms with Crippen molar-refractivity contribution in [2.24, 2.45) is 5.41 Å². The summed E-state index contributed by atoms with van der Waals surface area (Å²) in [6.45, 7) is 13.2. The van der Waals surface area contributed by atoms with Crippen molar-refractivity contribution in [2.75, 3.05) is 26.4 Å². The van der Waals surface area contributed by atoms with E-state index in [1.165, 1.54) is 0 Å². The summed E-state index contributed by atoms with van der Waals surface area (Å²) in [6.07, 6.45) is 0.946. The molecule has 0 radical (unpaired) electrons. The van der Waals surface area contributed by atoms with Crippen molar-refractivity contribution >= 4 is 17.9 Å². The van der Waals surface area contributed by atoms with Crippen molar-refractivity contribution in [3.8, 4) is 0 Å². The van der Waals surface area contributed by atoms with Crippen LogP contribution < -0.4 is 0 Å². The molecule has 0 aromatic carbocycles. The second-order valence-electron chi connectivity index (χ2n) is 7.32. The Hall–Kier alpha value is -1.89. The molecule has 0 rings (SSSR count). The highest BCUT2D eigenvalue weighted by Crippen LogP contribution is 2.16. The average molecular weight is 358 g/mol. The summed E-state index contributed by atoms with van der Waals surface area (Å²) < 4.78 is 20.4. The summed E-state index contributed by atoms with van der Waals surface area (Å²) in [5.74, 6) is -1.52. The van der Waals surface area contributed by atoms with E-state index in [1.54, 1.807) is 13.8 Å². The zero-order chi connectivity index (χ0) is 19.5. The number of rotatable bonds is 11. The Morgan fingerprint density at radius 1 is 0.840 bits per heavy atom. The van der Waals surface area contributed by atoms with Gasteiger partial charge >= 0.3 is 17.9 Å². The van der Waals surface area contributed by atoms with Gasteiger partial charge in [-0.1, -0.05) is 20.4 Å². The van der Waals surface area contributed by atoms with Crippen LogP contribution in [0.3, 0.4) is 0 Å². The van der Waals surface area contributed by atoms with E-state index in [9.17, 15) is 14.4 Å². The van der Waals surface area contributed by atoms with Crippen molar-refractivity contribution in [1.29, 1.82) is 0 Å². The van der Waals surface area contributed by atoms with Gasteiger partial charge in [-0.05, 0) is 20.8 Å². The van der Waals surface area contributed by atoms with Gasteiger partial charge in [0.25, 0.3) is 0 Å². The molecule has 25 heavy (non-hydrogen) atoms. The summed E-state index contributed by atoms with van der Waals surface area (Å²) in [6, 6.07) is 0. The Labute approximate surface area is 149 Å². The van der Waals surface area contributed by atoms with Crippen LogP contribution in [0.25, 0.3) is 0 Å². The fourth-order valence-electron chi connectivity index (χ4n) is 1.49. The maximum atomic E-state index is 11.7. The van der Waals surface area contributed by atoms with Gasteiger partial charge in [0.15, 0.2) is 0 Å². The predicted molar refractivity (Wildman–Crippen MR) is 91.8 cm³/mol. The highest BCUT2D eigenvalue weighted by Gasteiger charge is 2.22. The molecule has 0 saturated heterocycles. The van der Waals surface area contributed by atoms with Crippen molar-refractivity contribution in [1.82, 2.24) is 0 Å². The molecule has 0 atom stereocenters. The van der Waals surface area contributed by atoms with Crippen LogP contribution in [0, 0.1) is 5.41 Å². The van der Waals surface area contributed by atoms with E-state index in [0.29, 0.717) is 6.61 Å². The third-order valence-corrected chi connectivity index (χ3v) is 2.81. The Bertz CT molecular complexity index is 461. The lowest BCUT2D eigenvalue weighted by atomic mass is 9.96. The highest BCUT2D eigenvalue weighted by atomic mass is 16.6. The van der Waals surface area contributed by atoms with Gasteiger partial charge < -0.3 is 18.9 Å². The number of esters is 3. The third-order valence-electron chi connectivity index (χ3n) is 2.81. The van der Waals surface area contributed by atoms with E-state index in [1.807, 2.05) is 20.8 Å². The van der Waals surface area contributed by atoms with E-state index in [0.717, 1.165) is 6.08 Å². The Morgan fingerprint density at radius 2 is 1.36 bits per heavy atom. The molecule has 7 nitrogen and oxygen atoms in total. The molecule has 0 amide bonds. The third kappa shape index (κ3) is 14.2. The number of hydrogen-bond donors (Lipinski definition) is 0. The predicted octanol–water partition coefficient (Wildman–Crippen LogP) is 2.42. The Balaban J connectivity index is 3.89. The minimum absolute atomic E-state index is 0.0553. The molecule has 0 aliphatic heterocycles. The SMILES string of the molecule is C=CC(=O)OCC(C)(C)COC(=O)CCC(=O)OCCOC(C)(C)C. The fraction of sp³-hybridized carbons (Fsp3) is 0.722. The fourth-order valence-corrected chi connectivity index (χ4v) is 1.49. The van der Waals surface area contributed by atoms with Crippen LogP contribution in [-0.2, 0) is 33.3 Å². The maximum absolute atomic E-state index is 11.7. The number of ether oxygens (including phenoxy) is 4. The first kappa shape index (κ1) is 23.1. The van der Waals surface area contributed by atoms with Crippen LogP contribution in [0.1, 0.15) is 47.5 Å². The lowest BCUT2D eigenvalue weighted by Crippen LogP contribution is -2.28. The van der Waals surface area contributed by atoms with Gasteiger partial charge in [0, 0.05) is 11.5 Å². The average Bonchev–Trinajstić information content (AvgIpc) is 2.52.